The van der Waals surface area contributed by atoms with E-state index in [1.165, 1.54) is 5.56 Å². The van der Waals surface area contributed by atoms with E-state index in [4.69, 9.17) is 11.6 Å². The number of alkyl halides is 1. The van der Waals surface area contributed by atoms with Gasteiger partial charge in [0.05, 0.1) is 11.5 Å². The molecule has 0 spiro atoms. The molecule has 1 aromatic rings. The second-order valence-electron chi connectivity index (χ2n) is 3.76. The van der Waals surface area contributed by atoms with Crippen LogP contribution in [0.4, 0.5) is 0 Å². The van der Waals surface area contributed by atoms with Gasteiger partial charge in [-0.15, -0.1) is 11.6 Å². The van der Waals surface area contributed by atoms with Crippen LogP contribution in [0.2, 0.25) is 0 Å². The second-order valence-corrected chi connectivity index (χ2v) is 4.32. The van der Waals surface area contributed by atoms with Gasteiger partial charge in [-0.1, -0.05) is 30.3 Å². The highest BCUT2D eigenvalue weighted by Gasteiger charge is 2.29. The highest BCUT2D eigenvalue weighted by Crippen LogP contribution is 2.17. The lowest BCUT2D eigenvalue weighted by Gasteiger charge is -2.14. The van der Waals surface area contributed by atoms with E-state index in [9.17, 15) is 5.11 Å². The number of aliphatic hydroxyl groups is 1. The predicted octanol–water partition coefficient (Wildman–Crippen LogP) is 1.47. The zero-order valence-electron chi connectivity index (χ0n) is 7.94. The molecule has 1 aromatic carbocycles. The van der Waals surface area contributed by atoms with Crippen molar-refractivity contribution >= 4 is 11.6 Å². The van der Waals surface area contributed by atoms with Gasteiger partial charge in [0.1, 0.15) is 0 Å². The van der Waals surface area contributed by atoms with Gasteiger partial charge in [-0.2, -0.15) is 0 Å². The van der Waals surface area contributed by atoms with Crippen LogP contribution in [0.5, 0.6) is 0 Å². The van der Waals surface area contributed by atoms with Crippen LogP contribution in [0.1, 0.15) is 5.56 Å². The monoisotopic (exact) mass is 211 g/mol. The Morgan fingerprint density at radius 3 is 2.57 bits per heavy atom. The standard InChI is InChI=1S/C11H14ClNO/c12-10-7-13(8-11(10)14)6-9-4-2-1-3-5-9/h1-5,10-11,14H,6-8H2. The highest BCUT2D eigenvalue weighted by atomic mass is 35.5. The molecule has 2 atom stereocenters. The number of hydrogen-bond acceptors (Lipinski definition) is 2. The van der Waals surface area contributed by atoms with Crippen LogP contribution in [0.3, 0.4) is 0 Å². The number of nitrogens with zero attached hydrogens (tertiary/aromatic N) is 1. The largest absolute Gasteiger partial charge is 0.390 e. The maximum absolute atomic E-state index is 9.47. The summed E-state index contributed by atoms with van der Waals surface area (Å²) in [6.07, 6.45) is -0.375. The van der Waals surface area contributed by atoms with Gasteiger partial charge in [-0.25, -0.2) is 0 Å². The third-order valence-electron chi connectivity index (χ3n) is 2.54. The van der Waals surface area contributed by atoms with E-state index in [2.05, 4.69) is 17.0 Å². The molecular formula is C11H14ClNO. The van der Waals surface area contributed by atoms with Gasteiger partial charge in [0.2, 0.25) is 0 Å². The Hall–Kier alpha value is -0.570. The van der Waals surface area contributed by atoms with Gasteiger partial charge in [-0.05, 0) is 5.56 Å². The molecule has 2 unspecified atom stereocenters. The van der Waals surface area contributed by atoms with Gasteiger partial charge in [-0.3, -0.25) is 4.90 Å². The van der Waals surface area contributed by atoms with E-state index >= 15 is 0 Å². The number of β-amino-alcohol motifs (C(OH)–C–C–N with tert-alkyl or cyclic N) is 1. The molecule has 14 heavy (non-hydrogen) atoms. The molecule has 0 saturated carbocycles. The Morgan fingerprint density at radius 1 is 1.29 bits per heavy atom. The molecule has 0 amide bonds. The normalized spacial score (nSPS) is 28.1. The molecule has 1 aliphatic heterocycles. The average Bonchev–Trinajstić information content (AvgIpc) is 2.47. The van der Waals surface area contributed by atoms with Crippen molar-refractivity contribution in [3.8, 4) is 0 Å². The first kappa shape index (κ1) is 9.97. The first-order chi connectivity index (χ1) is 6.75. The number of hydrogen-bond donors (Lipinski definition) is 1. The lowest BCUT2D eigenvalue weighted by Crippen LogP contribution is -2.21. The maximum atomic E-state index is 9.47. The zero-order chi connectivity index (χ0) is 9.97. The van der Waals surface area contributed by atoms with Crippen LogP contribution in [-0.2, 0) is 6.54 Å². The number of aliphatic hydroxyl groups excluding tert-OH is 1. The molecule has 1 heterocycles. The Labute approximate surface area is 89.1 Å². The van der Waals surface area contributed by atoms with Crippen molar-refractivity contribution in [1.29, 1.82) is 0 Å². The van der Waals surface area contributed by atoms with Crippen LogP contribution < -0.4 is 0 Å². The number of rotatable bonds is 2. The fraction of sp³-hybridized carbons (Fsp3) is 0.455. The topological polar surface area (TPSA) is 23.5 Å². The highest BCUT2D eigenvalue weighted by molar-refractivity contribution is 6.21. The summed E-state index contributed by atoms with van der Waals surface area (Å²) in [5.41, 5.74) is 1.27. The fourth-order valence-corrected chi connectivity index (χ4v) is 2.07. The smallest absolute Gasteiger partial charge is 0.0843 e. The summed E-state index contributed by atoms with van der Waals surface area (Å²) in [7, 11) is 0. The van der Waals surface area contributed by atoms with Crippen LogP contribution in [0, 0.1) is 0 Å². The minimum atomic E-state index is -0.375. The second kappa shape index (κ2) is 4.30. The Kier molecular flexibility index (Phi) is 3.06. The summed E-state index contributed by atoms with van der Waals surface area (Å²) in [4.78, 5) is 2.18. The van der Waals surface area contributed by atoms with Crippen LogP contribution in [-0.4, -0.2) is 34.6 Å². The van der Waals surface area contributed by atoms with Gasteiger partial charge in [0.25, 0.3) is 0 Å². The fourth-order valence-electron chi connectivity index (χ4n) is 1.79. The summed E-state index contributed by atoms with van der Waals surface area (Å²) in [6, 6.07) is 10.2. The first-order valence-corrected chi connectivity index (χ1v) is 5.28. The predicted molar refractivity (Wildman–Crippen MR) is 57.4 cm³/mol. The minimum absolute atomic E-state index is 0.112. The molecule has 2 nitrogen and oxygen atoms in total. The molecule has 3 heteroatoms. The Balaban J connectivity index is 1.94. The summed E-state index contributed by atoms with van der Waals surface area (Å²) in [5, 5.41) is 9.36. The third-order valence-corrected chi connectivity index (χ3v) is 2.97. The van der Waals surface area contributed by atoms with E-state index in [-0.39, 0.29) is 11.5 Å². The molecule has 0 aromatic heterocycles. The summed E-state index contributed by atoms with van der Waals surface area (Å²) < 4.78 is 0. The van der Waals surface area contributed by atoms with Gasteiger partial charge < -0.3 is 5.11 Å². The van der Waals surface area contributed by atoms with Crippen molar-refractivity contribution in [2.75, 3.05) is 13.1 Å². The maximum Gasteiger partial charge on any atom is 0.0843 e. The molecule has 0 bridgehead atoms. The molecule has 2 rings (SSSR count). The molecule has 1 aliphatic rings. The lowest BCUT2D eigenvalue weighted by atomic mass is 10.2. The van der Waals surface area contributed by atoms with E-state index < -0.39 is 0 Å². The average molecular weight is 212 g/mol. The van der Waals surface area contributed by atoms with Crippen molar-refractivity contribution in [3.05, 3.63) is 35.9 Å². The Morgan fingerprint density at radius 2 is 2.00 bits per heavy atom. The summed E-state index contributed by atoms with van der Waals surface area (Å²) in [5.74, 6) is 0. The van der Waals surface area contributed by atoms with Gasteiger partial charge in [0, 0.05) is 19.6 Å². The molecule has 0 aliphatic carbocycles. The van der Waals surface area contributed by atoms with Crippen LogP contribution >= 0.6 is 11.6 Å². The lowest BCUT2D eigenvalue weighted by molar-refractivity contribution is 0.176. The van der Waals surface area contributed by atoms with Gasteiger partial charge in [0.15, 0.2) is 0 Å². The minimum Gasteiger partial charge on any atom is -0.390 e. The molecule has 76 valence electrons. The number of halogens is 1. The first-order valence-electron chi connectivity index (χ1n) is 4.84. The SMILES string of the molecule is OC1CN(Cc2ccccc2)CC1Cl. The Bertz CT molecular complexity index is 281. The molecule has 1 saturated heterocycles. The molecular weight excluding hydrogens is 198 g/mol. The zero-order valence-corrected chi connectivity index (χ0v) is 8.69. The third kappa shape index (κ3) is 2.27. The van der Waals surface area contributed by atoms with E-state index in [1.807, 2.05) is 18.2 Å². The van der Waals surface area contributed by atoms with Crippen molar-refractivity contribution < 1.29 is 5.11 Å². The number of benzene rings is 1. The van der Waals surface area contributed by atoms with Crippen molar-refractivity contribution in [2.45, 2.75) is 18.0 Å². The summed E-state index contributed by atoms with van der Waals surface area (Å²) >= 11 is 5.93. The van der Waals surface area contributed by atoms with Crippen molar-refractivity contribution in [2.24, 2.45) is 0 Å². The van der Waals surface area contributed by atoms with Crippen molar-refractivity contribution in [3.63, 3.8) is 0 Å². The molecule has 0 radical (unpaired) electrons. The quantitative estimate of drug-likeness (QED) is 0.749. The van der Waals surface area contributed by atoms with Gasteiger partial charge >= 0.3 is 0 Å². The number of likely N-dealkylation sites (tertiary alicyclic amines) is 1. The van der Waals surface area contributed by atoms with E-state index in [1.54, 1.807) is 0 Å². The van der Waals surface area contributed by atoms with E-state index in [0.717, 1.165) is 13.1 Å². The molecule has 1 fully saturated rings. The van der Waals surface area contributed by atoms with Crippen LogP contribution in [0.15, 0.2) is 30.3 Å². The van der Waals surface area contributed by atoms with E-state index in [0.29, 0.717) is 6.54 Å². The summed E-state index contributed by atoms with van der Waals surface area (Å²) in [6.45, 7) is 2.34. The van der Waals surface area contributed by atoms with Crippen molar-refractivity contribution in [1.82, 2.24) is 4.90 Å². The molecule has 1 N–H and O–H groups in total. The van der Waals surface area contributed by atoms with Crippen LogP contribution in [0.25, 0.3) is 0 Å².